The van der Waals surface area contributed by atoms with E-state index in [0.29, 0.717) is 11.3 Å². The van der Waals surface area contributed by atoms with Crippen LogP contribution in [0.15, 0.2) is 77.7 Å². The Morgan fingerprint density at radius 2 is 1.69 bits per heavy atom. The van der Waals surface area contributed by atoms with Gasteiger partial charge >= 0.3 is 0 Å². The molecule has 0 aliphatic carbocycles. The normalized spacial score (nSPS) is 11.1. The van der Waals surface area contributed by atoms with Gasteiger partial charge in [0, 0.05) is 11.3 Å². The molecule has 0 fully saturated rings. The van der Waals surface area contributed by atoms with Gasteiger partial charge in [-0.25, -0.2) is 13.9 Å². The molecule has 150 valence electrons. The highest BCUT2D eigenvalue weighted by molar-refractivity contribution is 7.92. The molecular weight excluding hydrogens is 388 g/mol. The summed E-state index contributed by atoms with van der Waals surface area (Å²) >= 11 is 0. The second kappa shape index (κ2) is 8.89. The SMILES string of the molecule is Cc1ccc(C)c(S(=O)(=O)Nc2cccc(C(=O)NOCc3ccccc3)c2)c1. The Hall–Kier alpha value is -3.16. The second-order valence-corrected chi connectivity index (χ2v) is 8.31. The third-order valence-electron chi connectivity index (χ3n) is 4.26. The van der Waals surface area contributed by atoms with E-state index in [1.54, 1.807) is 37.3 Å². The van der Waals surface area contributed by atoms with Gasteiger partial charge in [-0.15, -0.1) is 0 Å². The van der Waals surface area contributed by atoms with Gasteiger partial charge in [0.05, 0.1) is 11.5 Å². The third-order valence-corrected chi connectivity index (χ3v) is 5.78. The third kappa shape index (κ3) is 5.43. The molecule has 0 bridgehead atoms. The summed E-state index contributed by atoms with van der Waals surface area (Å²) in [6.07, 6.45) is 0. The Morgan fingerprint density at radius 3 is 2.45 bits per heavy atom. The van der Waals surface area contributed by atoms with Crippen molar-refractivity contribution in [2.45, 2.75) is 25.3 Å². The van der Waals surface area contributed by atoms with E-state index in [4.69, 9.17) is 4.84 Å². The maximum absolute atomic E-state index is 12.7. The van der Waals surface area contributed by atoms with Crippen LogP contribution < -0.4 is 10.2 Å². The topological polar surface area (TPSA) is 84.5 Å². The molecule has 1 amide bonds. The van der Waals surface area contributed by atoms with Crippen LogP contribution in [0.3, 0.4) is 0 Å². The number of sulfonamides is 1. The van der Waals surface area contributed by atoms with E-state index >= 15 is 0 Å². The standard InChI is InChI=1S/C22H22N2O4S/c1-16-11-12-17(2)21(13-16)29(26,27)24-20-10-6-9-19(14-20)22(25)23-28-15-18-7-4-3-5-8-18/h3-14,24H,15H2,1-2H3,(H,23,25). The fourth-order valence-corrected chi connectivity index (χ4v) is 4.13. The van der Waals surface area contributed by atoms with Crippen molar-refractivity contribution in [3.05, 3.63) is 95.1 Å². The summed E-state index contributed by atoms with van der Waals surface area (Å²) in [5.41, 5.74) is 5.35. The van der Waals surface area contributed by atoms with Crippen LogP contribution in [0.25, 0.3) is 0 Å². The molecule has 0 saturated carbocycles. The Bertz CT molecular complexity index is 1110. The largest absolute Gasteiger partial charge is 0.280 e. The van der Waals surface area contributed by atoms with Crippen molar-refractivity contribution in [3.63, 3.8) is 0 Å². The van der Waals surface area contributed by atoms with Gasteiger partial charge in [-0.05, 0) is 54.8 Å². The molecule has 0 unspecified atom stereocenters. The van der Waals surface area contributed by atoms with Gasteiger partial charge in [0.2, 0.25) is 0 Å². The zero-order valence-corrected chi connectivity index (χ0v) is 17.0. The van der Waals surface area contributed by atoms with Crippen molar-refractivity contribution in [1.82, 2.24) is 5.48 Å². The summed E-state index contributed by atoms with van der Waals surface area (Å²) in [5, 5.41) is 0. The Balaban J connectivity index is 1.68. The average Bonchev–Trinajstić information content (AvgIpc) is 2.70. The van der Waals surface area contributed by atoms with E-state index in [-0.39, 0.29) is 17.1 Å². The van der Waals surface area contributed by atoms with Crippen molar-refractivity contribution in [3.8, 4) is 0 Å². The minimum absolute atomic E-state index is 0.207. The summed E-state index contributed by atoms with van der Waals surface area (Å²) in [6, 6.07) is 20.9. The monoisotopic (exact) mass is 410 g/mol. The van der Waals surface area contributed by atoms with Crippen LogP contribution >= 0.6 is 0 Å². The number of carbonyl (C=O) groups excluding carboxylic acids is 1. The molecule has 6 nitrogen and oxygen atoms in total. The first kappa shape index (κ1) is 20.6. The molecule has 0 saturated heterocycles. The summed E-state index contributed by atoms with van der Waals surface area (Å²) in [7, 11) is -3.77. The lowest BCUT2D eigenvalue weighted by Crippen LogP contribution is -2.23. The van der Waals surface area contributed by atoms with Gasteiger partial charge in [0.1, 0.15) is 0 Å². The lowest BCUT2D eigenvalue weighted by atomic mass is 10.2. The first-order valence-electron chi connectivity index (χ1n) is 9.01. The molecule has 3 rings (SSSR count). The summed E-state index contributed by atoms with van der Waals surface area (Å²) in [4.78, 5) is 17.8. The quantitative estimate of drug-likeness (QED) is 0.578. The molecule has 0 heterocycles. The van der Waals surface area contributed by atoms with E-state index in [2.05, 4.69) is 10.2 Å². The fraction of sp³-hybridized carbons (Fsp3) is 0.136. The molecule has 0 spiro atoms. The molecule has 0 aliphatic heterocycles. The van der Waals surface area contributed by atoms with Crippen molar-refractivity contribution >= 4 is 21.6 Å². The molecule has 3 aromatic rings. The minimum atomic E-state index is -3.77. The summed E-state index contributed by atoms with van der Waals surface area (Å²) < 4.78 is 28.0. The predicted octanol–water partition coefficient (Wildman–Crippen LogP) is 3.97. The molecule has 2 N–H and O–H groups in total. The number of aryl methyl sites for hydroxylation is 2. The average molecular weight is 410 g/mol. The summed E-state index contributed by atoms with van der Waals surface area (Å²) in [5.74, 6) is -0.464. The van der Waals surface area contributed by atoms with Gasteiger partial charge in [-0.1, -0.05) is 48.5 Å². The number of hydrogen-bond donors (Lipinski definition) is 2. The van der Waals surface area contributed by atoms with Crippen LogP contribution in [0.5, 0.6) is 0 Å². The first-order chi connectivity index (χ1) is 13.8. The zero-order valence-electron chi connectivity index (χ0n) is 16.2. The number of anilines is 1. The summed E-state index contributed by atoms with van der Waals surface area (Å²) in [6.45, 7) is 3.80. The van der Waals surface area contributed by atoms with Crippen LogP contribution in [0.4, 0.5) is 5.69 Å². The van der Waals surface area contributed by atoms with Gasteiger partial charge in [0.25, 0.3) is 15.9 Å². The number of carbonyl (C=O) groups is 1. The van der Waals surface area contributed by atoms with Crippen molar-refractivity contribution in [2.24, 2.45) is 0 Å². The molecule has 0 aromatic heterocycles. The van der Waals surface area contributed by atoms with Gasteiger partial charge in [-0.2, -0.15) is 0 Å². The number of amides is 1. The predicted molar refractivity (Wildman–Crippen MR) is 112 cm³/mol. The molecule has 3 aromatic carbocycles. The van der Waals surface area contributed by atoms with Crippen molar-refractivity contribution < 1.29 is 18.0 Å². The van der Waals surface area contributed by atoms with Crippen LogP contribution in [0, 0.1) is 13.8 Å². The Labute approximate surface area is 170 Å². The highest BCUT2D eigenvalue weighted by atomic mass is 32.2. The Morgan fingerprint density at radius 1 is 0.931 bits per heavy atom. The van der Waals surface area contributed by atoms with E-state index in [1.165, 1.54) is 6.07 Å². The van der Waals surface area contributed by atoms with Crippen LogP contribution in [0.2, 0.25) is 0 Å². The van der Waals surface area contributed by atoms with Gasteiger partial charge in [-0.3, -0.25) is 14.4 Å². The molecular formula is C22H22N2O4S. The van der Waals surface area contributed by atoms with Gasteiger partial charge < -0.3 is 0 Å². The van der Waals surface area contributed by atoms with Crippen LogP contribution in [-0.4, -0.2) is 14.3 Å². The van der Waals surface area contributed by atoms with Crippen molar-refractivity contribution in [2.75, 3.05) is 4.72 Å². The Kier molecular flexibility index (Phi) is 6.31. The van der Waals surface area contributed by atoms with E-state index in [1.807, 2.05) is 43.3 Å². The fourth-order valence-electron chi connectivity index (χ4n) is 2.75. The maximum atomic E-state index is 12.7. The first-order valence-corrected chi connectivity index (χ1v) is 10.5. The number of hydroxylamine groups is 1. The van der Waals surface area contributed by atoms with Gasteiger partial charge in [0.15, 0.2) is 0 Å². The maximum Gasteiger partial charge on any atom is 0.274 e. The second-order valence-electron chi connectivity index (χ2n) is 6.66. The van der Waals surface area contributed by atoms with Crippen molar-refractivity contribution in [1.29, 1.82) is 0 Å². The zero-order chi connectivity index (χ0) is 20.9. The number of benzene rings is 3. The van der Waals surface area contributed by atoms with E-state index in [0.717, 1.165) is 11.1 Å². The number of rotatable bonds is 7. The lowest BCUT2D eigenvalue weighted by molar-refractivity contribution is 0.0233. The molecule has 29 heavy (non-hydrogen) atoms. The number of nitrogens with one attached hydrogen (secondary N) is 2. The highest BCUT2D eigenvalue weighted by Gasteiger charge is 2.18. The number of hydrogen-bond acceptors (Lipinski definition) is 4. The molecule has 0 aliphatic rings. The van der Waals surface area contributed by atoms with Crippen LogP contribution in [0.1, 0.15) is 27.0 Å². The van der Waals surface area contributed by atoms with E-state index < -0.39 is 15.9 Å². The highest BCUT2D eigenvalue weighted by Crippen LogP contribution is 2.21. The molecule has 0 radical (unpaired) electrons. The molecule has 0 atom stereocenters. The molecule has 7 heteroatoms. The smallest absolute Gasteiger partial charge is 0.274 e. The lowest BCUT2D eigenvalue weighted by Gasteiger charge is -2.12. The van der Waals surface area contributed by atoms with E-state index in [9.17, 15) is 13.2 Å². The minimum Gasteiger partial charge on any atom is -0.280 e. The van der Waals surface area contributed by atoms with Crippen LogP contribution in [-0.2, 0) is 21.5 Å².